The van der Waals surface area contributed by atoms with Gasteiger partial charge in [-0.05, 0) is 55.2 Å². The van der Waals surface area contributed by atoms with E-state index in [0.717, 1.165) is 25.2 Å². The minimum absolute atomic E-state index is 0.195. The first-order chi connectivity index (χ1) is 15.5. The fourth-order valence-corrected chi connectivity index (χ4v) is 6.29. The van der Waals surface area contributed by atoms with E-state index in [1.807, 2.05) is 31.2 Å². The molecule has 0 bridgehead atoms. The second-order valence-corrected chi connectivity index (χ2v) is 10.1. The Labute approximate surface area is 189 Å². The van der Waals surface area contributed by atoms with E-state index in [4.69, 9.17) is 4.74 Å². The summed E-state index contributed by atoms with van der Waals surface area (Å²) in [7, 11) is -3.69. The number of benzene rings is 2. The van der Waals surface area contributed by atoms with Crippen LogP contribution in [0.5, 0.6) is 0 Å². The number of anilines is 2. The maximum absolute atomic E-state index is 13.2. The molecule has 1 unspecified atom stereocenters. The summed E-state index contributed by atoms with van der Waals surface area (Å²) in [5.41, 5.74) is 2.96. The number of aromatic nitrogens is 1. The summed E-state index contributed by atoms with van der Waals surface area (Å²) in [6, 6.07) is 21.1. The molecule has 0 radical (unpaired) electrons. The molecular formula is C25H27N3O3S. The van der Waals surface area contributed by atoms with Gasteiger partial charge in [-0.25, -0.2) is 13.4 Å². The molecule has 7 heteroatoms. The van der Waals surface area contributed by atoms with Gasteiger partial charge in [0.2, 0.25) is 0 Å². The van der Waals surface area contributed by atoms with Crippen LogP contribution in [0.2, 0.25) is 0 Å². The second-order valence-electron chi connectivity index (χ2n) is 8.28. The first kappa shape index (κ1) is 21.0. The lowest BCUT2D eigenvalue weighted by Gasteiger charge is -2.41. The highest BCUT2D eigenvalue weighted by atomic mass is 32.2. The second kappa shape index (κ2) is 8.22. The van der Waals surface area contributed by atoms with Crippen LogP contribution in [-0.4, -0.2) is 39.6 Å². The van der Waals surface area contributed by atoms with Crippen molar-refractivity contribution in [2.45, 2.75) is 30.3 Å². The summed E-state index contributed by atoms with van der Waals surface area (Å²) in [5.74, 6) is 0.777. The third-order valence-corrected chi connectivity index (χ3v) is 8.34. The number of nitrogens with zero attached hydrogens (tertiary/aromatic N) is 3. The average Bonchev–Trinajstić information content (AvgIpc) is 3.18. The topological polar surface area (TPSA) is 62.7 Å². The Bertz CT molecular complexity index is 1190. The van der Waals surface area contributed by atoms with Crippen LogP contribution in [0.25, 0.3) is 0 Å². The number of pyridine rings is 1. The third kappa shape index (κ3) is 3.55. The zero-order valence-corrected chi connectivity index (χ0v) is 19.0. The lowest BCUT2D eigenvalue weighted by Crippen LogP contribution is -2.49. The Morgan fingerprint density at radius 3 is 2.59 bits per heavy atom. The quantitative estimate of drug-likeness (QED) is 0.590. The van der Waals surface area contributed by atoms with Crippen molar-refractivity contribution in [1.29, 1.82) is 0 Å². The SMILES string of the molecule is CCN(c1ccccc1)S(=O)(=O)c1ccc(N2CCOC3(CCc4ccccc43)C2)nc1. The van der Waals surface area contributed by atoms with E-state index in [-0.39, 0.29) is 10.5 Å². The van der Waals surface area contributed by atoms with Crippen molar-refractivity contribution in [2.24, 2.45) is 0 Å². The molecule has 0 amide bonds. The van der Waals surface area contributed by atoms with Crippen LogP contribution in [0.3, 0.4) is 0 Å². The lowest BCUT2D eigenvalue weighted by molar-refractivity contribution is -0.0594. The van der Waals surface area contributed by atoms with Gasteiger partial charge in [0.15, 0.2) is 0 Å². The third-order valence-electron chi connectivity index (χ3n) is 6.46. The van der Waals surface area contributed by atoms with Crippen LogP contribution in [0, 0.1) is 0 Å². The molecule has 3 aromatic rings. The fraction of sp³-hybridized carbons (Fsp3) is 0.320. The van der Waals surface area contributed by atoms with Crippen molar-refractivity contribution in [3.63, 3.8) is 0 Å². The van der Waals surface area contributed by atoms with Gasteiger partial charge >= 0.3 is 0 Å². The normalized spacial score (nSPS) is 20.3. The molecule has 0 saturated carbocycles. The summed E-state index contributed by atoms with van der Waals surface area (Å²) < 4.78 is 34.2. The molecule has 1 saturated heterocycles. The molecule has 5 rings (SSSR count). The maximum Gasteiger partial charge on any atom is 0.265 e. The van der Waals surface area contributed by atoms with Gasteiger partial charge in [0, 0.05) is 19.3 Å². The largest absolute Gasteiger partial charge is 0.367 e. The van der Waals surface area contributed by atoms with Gasteiger partial charge in [-0.3, -0.25) is 4.31 Å². The standard InChI is InChI=1S/C25H27N3O3S/c1-2-28(21-9-4-3-5-10-21)32(29,30)22-12-13-24(26-18-22)27-16-17-31-25(19-27)15-14-20-8-6-7-11-23(20)25/h3-13,18H,2,14-17,19H2,1H3. The van der Waals surface area contributed by atoms with Gasteiger partial charge in [0.05, 0.1) is 18.8 Å². The molecule has 32 heavy (non-hydrogen) atoms. The van der Waals surface area contributed by atoms with E-state index in [2.05, 4.69) is 34.1 Å². The van der Waals surface area contributed by atoms with Crippen LogP contribution in [0.15, 0.2) is 77.8 Å². The summed E-state index contributed by atoms with van der Waals surface area (Å²) >= 11 is 0. The number of hydrogen-bond donors (Lipinski definition) is 0. The summed E-state index contributed by atoms with van der Waals surface area (Å²) in [5, 5.41) is 0. The first-order valence-electron chi connectivity index (χ1n) is 11.0. The van der Waals surface area contributed by atoms with Crippen LogP contribution in [0.1, 0.15) is 24.5 Å². The Morgan fingerprint density at radius 1 is 1.06 bits per heavy atom. The molecule has 166 valence electrons. The predicted molar refractivity (Wildman–Crippen MR) is 125 cm³/mol. The van der Waals surface area contributed by atoms with E-state index < -0.39 is 10.0 Å². The lowest BCUT2D eigenvalue weighted by atomic mass is 9.93. The Morgan fingerprint density at radius 2 is 1.84 bits per heavy atom. The van der Waals surface area contributed by atoms with Gasteiger partial charge in [-0.2, -0.15) is 0 Å². The number of para-hydroxylation sites is 1. The van der Waals surface area contributed by atoms with Crippen molar-refractivity contribution in [3.8, 4) is 0 Å². The number of rotatable bonds is 5. The number of sulfonamides is 1. The summed E-state index contributed by atoms with van der Waals surface area (Å²) in [6.07, 6.45) is 3.44. The number of fused-ring (bicyclic) bond motifs is 2. The minimum atomic E-state index is -3.69. The van der Waals surface area contributed by atoms with Gasteiger partial charge in [-0.15, -0.1) is 0 Å². The van der Waals surface area contributed by atoms with Crippen molar-refractivity contribution in [3.05, 3.63) is 84.1 Å². The zero-order chi connectivity index (χ0) is 22.2. The molecule has 1 fully saturated rings. The van der Waals surface area contributed by atoms with Crippen molar-refractivity contribution in [2.75, 3.05) is 35.4 Å². The molecule has 1 aromatic heterocycles. The van der Waals surface area contributed by atoms with E-state index in [1.54, 1.807) is 18.2 Å². The molecule has 1 atom stereocenters. The van der Waals surface area contributed by atoms with Crippen molar-refractivity contribution >= 4 is 21.5 Å². The van der Waals surface area contributed by atoms with Crippen LogP contribution >= 0.6 is 0 Å². The Kier molecular flexibility index (Phi) is 5.39. The number of ether oxygens (including phenoxy) is 1. The highest BCUT2D eigenvalue weighted by Crippen LogP contribution is 2.42. The van der Waals surface area contributed by atoms with Crippen LogP contribution in [-0.2, 0) is 26.8 Å². The number of aryl methyl sites for hydroxylation is 1. The molecule has 1 aliphatic heterocycles. The summed E-state index contributed by atoms with van der Waals surface area (Å²) in [4.78, 5) is 6.95. The molecular weight excluding hydrogens is 422 g/mol. The average molecular weight is 450 g/mol. The molecule has 1 aliphatic carbocycles. The van der Waals surface area contributed by atoms with Crippen molar-refractivity contribution in [1.82, 2.24) is 4.98 Å². The highest BCUT2D eigenvalue weighted by molar-refractivity contribution is 7.92. The van der Waals surface area contributed by atoms with Crippen LogP contribution < -0.4 is 9.21 Å². The fourth-order valence-electron chi connectivity index (χ4n) is 4.87. The Balaban J connectivity index is 1.39. The van der Waals surface area contributed by atoms with Gasteiger partial charge in [0.25, 0.3) is 10.0 Å². The van der Waals surface area contributed by atoms with Crippen molar-refractivity contribution < 1.29 is 13.2 Å². The minimum Gasteiger partial charge on any atom is -0.367 e. The predicted octanol–water partition coefficient (Wildman–Crippen LogP) is 3.98. The highest BCUT2D eigenvalue weighted by Gasteiger charge is 2.43. The zero-order valence-electron chi connectivity index (χ0n) is 18.1. The van der Waals surface area contributed by atoms with Gasteiger partial charge in [-0.1, -0.05) is 42.5 Å². The molecule has 2 aliphatic rings. The molecule has 2 aromatic carbocycles. The maximum atomic E-state index is 13.2. The van der Waals surface area contributed by atoms with Gasteiger partial charge < -0.3 is 9.64 Å². The monoisotopic (exact) mass is 449 g/mol. The molecule has 0 N–H and O–H groups in total. The van der Waals surface area contributed by atoms with E-state index >= 15 is 0 Å². The van der Waals surface area contributed by atoms with E-state index in [0.29, 0.717) is 25.4 Å². The van der Waals surface area contributed by atoms with E-state index in [1.165, 1.54) is 21.6 Å². The molecule has 2 heterocycles. The first-order valence-corrected chi connectivity index (χ1v) is 12.5. The number of morpholine rings is 1. The van der Waals surface area contributed by atoms with E-state index in [9.17, 15) is 8.42 Å². The molecule has 6 nitrogen and oxygen atoms in total. The molecule has 1 spiro atoms. The van der Waals surface area contributed by atoms with Gasteiger partial charge in [0.1, 0.15) is 16.3 Å². The smallest absolute Gasteiger partial charge is 0.265 e. The number of hydrogen-bond acceptors (Lipinski definition) is 5. The summed E-state index contributed by atoms with van der Waals surface area (Å²) in [6.45, 7) is 4.24. The van der Waals surface area contributed by atoms with Crippen LogP contribution in [0.4, 0.5) is 11.5 Å². The Hall–Kier alpha value is -2.90.